The van der Waals surface area contributed by atoms with E-state index in [-0.39, 0.29) is 0 Å². The summed E-state index contributed by atoms with van der Waals surface area (Å²) in [7, 11) is 0. The molecule has 90 valence electrons. The highest BCUT2D eigenvalue weighted by atomic mass is 16.6. The van der Waals surface area contributed by atoms with Crippen LogP contribution in [0.4, 0.5) is 0 Å². The van der Waals surface area contributed by atoms with Crippen molar-refractivity contribution in [2.75, 3.05) is 6.61 Å². The van der Waals surface area contributed by atoms with Gasteiger partial charge in [-0.1, -0.05) is 19.9 Å². The van der Waals surface area contributed by atoms with Gasteiger partial charge in [-0.15, -0.1) is 6.58 Å². The van der Waals surface area contributed by atoms with Crippen molar-refractivity contribution in [1.29, 1.82) is 0 Å². The van der Waals surface area contributed by atoms with Crippen LogP contribution >= 0.6 is 0 Å². The number of nitrogens with zero attached hydrogens (tertiary/aromatic N) is 1. The minimum atomic E-state index is 0.351. The van der Waals surface area contributed by atoms with E-state index in [9.17, 15) is 0 Å². The van der Waals surface area contributed by atoms with Crippen LogP contribution in [-0.2, 0) is 6.54 Å². The van der Waals surface area contributed by atoms with E-state index in [1.807, 2.05) is 6.08 Å². The number of aromatic nitrogens is 1. The summed E-state index contributed by atoms with van der Waals surface area (Å²) in [6, 6.07) is 0.439. The lowest BCUT2D eigenvalue weighted by atomic mass is 10.3. The first-order valence-corrected chi connectivity index (χ1v) is 5.64. The molecule has 1 heterocycles. The third-order valence-corrected chi connectivity index (χ3v) is 2.00. The largest absolute Gasteiger partial charge is 0.450 e. The number of oxazole rings is 1. The summed E-state index contributed by atoms with van der Waals surface area (Å²) in [4.78, 5) is 4.20. The summed E-state index contributed by atoms with van der Waals surface area (Å²) < 4.78 is 10.5. The fourth-order valence-corrected chi connectivity index (χ4v) is 1.13. The molecule has 1 rings (SSSR count). The molecule has 0 amide bonds. The van der Waals surface area contributed by atoms with Gasteiger partial charge in [0.15, 0.2) is 0 Å². The molecule has 4 heteroatoms. The molecule has 0 aliphatic carbocycles. The molecule has 1 N–H and O–H groups in total. The summed E-state index contributed by atoms with van der Waals surface area (Å²) in [5.74, 6) is 0. The topological polar surface area (TPSA) is 47.3 Å². The Hall–Kier alpha value is -1.29. The third kappa shape index (κ3) is 4.98. The van der Waals surface area contributed by atoms with Crippen LogP contribution in [0.3, 0.4) is 0 Å². The van der Waals surface area contributed by atoms with Crippen molar-refractivity contribution in [3.05, 3.63) is 24.6 Å². The van der Waals surface area contributed by atoms with E-state index in [1.165, 1.54) is 0 Å². The molecule has 0 radical (unpaired) electrons. The van der Waals surface area contributed by atoms with E-state index in [0.29, 0.717) is 25.3 Å². The van der Waals surface area contributed by atoms with Gasteiger partial charge in [-0.05, 0) is 12.8 Å². The van der Waals surface area contributed by atoms with E-state index in [1.54, 1.807) is 6.26 Å². The Morgan fingerprint density at radius 1 is 1.62 bits per heavy atom. The van der Waals surface area contributed by atoms with Crippen LogP contribution < -0.4 is 10.1 Å². The molecule has 0 aliphatic heterocycles. The molecule has 0 bridgehead atoms. The number of hydrogen-bond acceptors (Lipinski definition) is 4. The van der Waals surface area contributed by atoms with Crippen molar-refractivity contribution < 1.29 is 9.15 Å². The second kappa shape index (κ2) is 7.06. The molecule has 16 heavy (non-hydrogen) atoms. The fraction of sp³-hybridized carbons (Fsp3) is 0.583. The van der Waals surface area contributed by atoms with E-state index in [4.69, 9.17) is 9.15 Å². The highest BCUT2D eigenvalue weighted by Crippen LogP contribution is 2.10. The standard InChI is InChI=1S/C12H20N2O2/c1-4-5-6-7-15-12-14-11(9-16-12)8-13-10(2)3/h4,9-10,13H,1,5-8H2,2-3H3. The van der Waals surface area contributed by atoms with Crippen LogP contribution in [0.2, 0.25) is 0 Å². The molecule has 0 aromatic carbocycles. The van der Waals surface area contributed by atoms with Gasteiger partial charge in [-0.25, -0.2) is 0 Å². The minimum Gasteiger partial charge on any atom is -0.450 e. The van der Waals surface area contributed by atoms with Gasteiger partial charge in [0.25, 0.3) is 0 Å². The molecule has 4 nitrogen and oxygen atoms in total. The summed E-state index contributed by atoms with van der Waals surface area (Å²) in [6.07, 6.45) is 5.73. The van der Waals surface area contributed by atoms with Crippen molar-refractivity contribution in [1.82, 2.24) is 10.3 Å². The monoisotopic (exact) mass is 224 g/mol. The first kappa shape index (κ1) is 12.8. The summed E-state index contributed by atoms with van der Waals surface area (Å²) >= 11 is 0. The third-order valence-electron chi connectivity index (χ3n) is 2.00. The van der Waals surface area contributed by atoms with Gasteiger partial charge < -0.3 is 14.5 Å². The van der Waals surface area contributed by atoms with Gasteiger partial charge in [-0.2, -0.15) is 4.98 Å². The highest BCUT2D eigenvalue weighted by molar-refractivity contribution is 4.99. The highest BCUT2D eigenvalue weighted by Gasteiger charge is 2.04. The molecule has 0 saturated carbocycles. The van der Waals surface area contributed by atoms with E-state index < -0.39 is 0 Å². The lowest BCUT2D eigenvalue weighted by Gasteiger charge is -2.04. The zero-order valence-electron chi connectivity index (χ0n) is 10.0. The van der Waals surface area contributed by atoms with Gasteiger partial charge in [0.2, 0.25) is 0 Å². The van der Waals surface area contributed by atoms with Crippen molar-refractivity contribution in [3.63, 3.8) is 0 Å². The Morgan fingerprint density at radius 2 is 2.44 bits per heavy atom. The van der Waals surface area contributed by atoms with E-state index in [0.717, 1.165) is 18.5 Å². The average Bonchev–Trinajstić information content (AvgIpc) is 2.70. The predicted octanol–water partition coefficient (Wildman–Crippen LogP) is 2.52. The van der Waals surface area contributed by atoms with Gasteiger partial charge in [0.05, 0.1) is 12.3 Å². The van der Waals surface area contributed by atoms with Crippen molar-refractivity contribution >= 4 is 0 Å². The molecule has 1 aromatic heterocycles. The van der Waals surface area contributed by atoms with Crippen molar-refractivity contribution in [3.8, 4) is 6.08 Å². The molecule has 1 aromatic rings. The maximum absolute atomic E-state index is 5.34. The Morgan fingerprint density at radius 3 is 3.12 bits per heavy atom. The molecular weight excluding hydrogens is 204 g/mol. The van der Waals surface area contributed by atoms with Crippen LogP contribution in [-0.4, -0.2) is 17.6 Å². The van der Waals surface area contributed by atoms with Crippen LogP contribution in [0.5, 0.6) is 6.08 Å². The lowest BCUT2D eigenvalue weighted by Crippen LogP contribution is -2.21. The summed E-state index contributed by atoms with van der Waals surface area (Å²) in [5.41, 5.74) is 0.868. The average molecular weight is 224 g/mol. The quantitative estimate of drug-likeness (QED) is 0.544. The fourth-order valence-electron chi connectivity index (χ4n) is 1.13. The SMILES string of the molecule is C=CCCCOc1nc(CNC(C)C)co1. The van der Waals surface area contributed by atoms with Crippen LogP contribution in [0.15, 0.2) is 23.3 Å². The summed E-state index contributed by atoms with van der Waals surface area (Å²) in [5, 5.41) is 3.26. The second-order valence-electron chi connectivity index (χ2n) is 3.92. The zero-order chi connectivity index (χ0) is 11.8. The Labute approximate surface area is 96.7 Å². The van der Waals surface area contributed by atoms with Crippen LogP contribution in [0.25, 0.3) is 0 Å². The minimum absolute atomic E-state index is 0.351. The molecule has 0 saturated heterocycles. The Kier molecular flexibility index (Phi) is 5.64. The molecule has 0 unspecified atom stereocenters. The smallest absolute Gasteiger partial charge is 0.393 e. The van der Waals surface area contributed by atoms with E-state index >= 15 is 0 Å². The second-order valence-corrected chi connectivity index (χ2v) is 3.92. The molecule has 0 fully saturated rings. The Balaban J connectivity index is 2.25. The zero-order valence-corrected chi connectivity index (χ0v) is 10.0. The first-order chi connectivity index (χ1) is 7.72. The maximum atomic E-state index is 5.34. The normalized spacial score (nSPS) is 10.7. The van der Waals surface area contributed by atoms with E-state index in [2.05, 4.69) is 30.7 Å². The molecule has 0 spiro atoms. The van der Waals surface area contributed by atoms with Gasteiger partial charge in [-0.3, -0.25) is 0 Å². The number of rotatable bonds is 8. The predicted molar refractivity (Wildman–Crippen MR) is 63.4 cm³/mol. The van der Waals surface area contributed by atoms with Gasteiger partial charge in [0.1, 0.15) is 6.26 Å². The Bertz CT molecular complexity index is 308. The van der Waals surface area contributed by atoms with Crippen LogP contribution in [0.1, 0.15) is 32.4 Å². The molecule has 0 aliphatic rings. The molecule has 0 atom stereocenters. The van der Waals surface area contributed by atoms with Crippen molar-refractivity contribution in [2.24, 2.45) is 0 Å². The van der Waals surface area contributed by atoms with Crippen LogP contribution in [0, 0.1) is 0 Å². The number of unbranched alkanes of at least 4 members (excludes halogenated alkanes) is 1. The first-order valence-electron chi connectivity index (χ1n) is 5.64. The number of hydrogen-bond donors (Lipinski definition) is 1. The van der Waals surface area contributed by atoms with Crippen molar-refractivity contribution in [2.45, 2.75) is 39.3 Å². The van der Waals surface area contributed by atoms with Gasteiger partial charge in [0, 0.05) is 12.6 Å². The lowest BCUT2D eigenvalue weighted by molar-refractivity contribution is 0.227. The maximum Gasteiger partial charge on any atom is 0.393 e. The van der Waals surface area contributed by atoms with Gasteiger partial charge >= 0.3 is 6.08 Å². The summed E-state index contributed by atoms with van der Waals surface area (Å²) in [6.45, 7) is 9.15. The molecular formula is C12H20N2O2. The number of nitrogens with one attached hydrogen (secondary N) is 1. The number of ether oxygens (including phenoxy) is 1. The number of allylic oxidation sites excluding steroid dienone is 1.